The minimum Gasteiger partial charge on any atom is -0.310 e. The molecule has 0 radical (unpaired) electrons. The lowest BCUT2D eigenvalue weighted by Crippen LogP contribution is -2.28. The predicted molar refractivity (Wildman–Crippen MR) is 226 cm³/mol. The zero-order valence-corrected chi connectivity index (χ0v) is 29.7. The van der Waals surface area contributed by atoms with Crippen LogP contribution in [0, 0.1) is 0 Å². The van der Waals surface area contributed by atoms with Gasteiger partial charge in [-0.1, -0.05) is 176 Å². The van der Waals surface area contributed by atoms with Crippen LogP contribution in [0.4, 0.5) is 17.1 Å². The summed E-state index contributed by atoms with van der Waals surface area (Å²) in [5, 5.41) is 2.59. The number of hydrogen-bond donors (Lipinski definition) is 0. The molecule has 0 unspecified atom stereocenters. The first-order chi connectivity index (χ1) is 26.8. The molecule has 9 aromatic rings. The predicted octanol–water partition coefficient (Wildman–Crippen LogP) is 14.0. The largest absolute Gasteiger partial charge is 0.310 e. The molecule has 0 fully saturated rings. The molecule has 0 aromatic heterocycles. The van der Waals surface area contributed by atoms with Crippen molar-refractivity contribution in [1.82, 2.24) is 0 Å². The van der Waals surface area contributed by atoms with Crippen LogP contribution in [0.1, 0.15) is 22.3 Å². The second-order valence-corrected chi connectivity index (χ2v) is 14.4. The third-order valence-electron chi connectivity index (χ3n) is 11.7. The van der Waals surface area contributed by atoms with Crippen molar-refractivity contribution in [2.75, 3.05) is 4.90 Å². The fourth-order valence-corrected chi connectivity index (χ4v) is 9.40. The van der Waals surface area contributed by atoms with Gasteiger partial charge in [-0.3, -0.25) is 0 Å². The molecular formula is C53H35N. The average molecular weight is 686 g/mol. The molecule has 2 aliphatic carbocycles. The zero-order chi connectivity index (χ0) is 35.6. The Bertz CT molecular complexity index is 2820. The number of anilines is 3. The van der Waals surface area contributed by atoms with Gasteiger partial charge in [-0.05, 0) is 114 Å². The zero-order valence-electron chi connectivity index (χ0n) is 29.7. The molecule has 0 bridgehead atoms. The Morgan fingerprint density at radius 3 is 1.54 bits per heavy atom. The second-order valence-electron chi connectivity index (χ2n) is 14.4. The van der Waals surface area contributed by atoms with Gasteiger partial charge in [-0.15, -0.1) is 0 Å². The van der Waals surface area contributed by atoms with Gasteiger partial charge in [0.2, 0.25) is 0 Å². The maximum atomic E-state index is 2.40. The summed E-state index contributed by atoms with van der Waals surface area (Å²) in [6, 6.07) is 78.2. The first-order valence-corrected chi connectivity index (χ1v) is 18.8. The molecule has 1 heteroatoms. The molecule has 0 amide bonds. The smallest absolute Gasteiger partial charge is 0.0713 e. The van der Waals surface area contributed by atoms with Gasteiger partial charge in [-0.25, -0.2) is 0 Å². The highest BCUT2D eigenvalue weighted by molar-refractivity contribution is 6.16. The van der Waals surface area contributed by atoms with E-state index in [1.165, 1.54) is 77.5 Å². The summed E-state index contributed by atoms with van der Waals surface area (Å²) in [6.07, 6.45) is 0. The van der Waals surface area contributed by atoms with E-state index in [-0.39, 0.29) is 0 Å². The Hall–Kier alpha value is -6.96. The van der Waals surface area contributed by atoms with E-state index in [4.69, 9.17) is 0 Å². The van der Waals surface area contributed by atoms with Crippen LogP contribution >= 0.6 is 0 Å². The van der Waals surface area contributed by atoms with E-state index in [1.54, 1.807) is 0 Å². The fourth-order valence-electron chi connectivity index (χ4n) is 9.40. The van der Waals surface area contributed by atoms with E-state index in [0.29, 0.717) is 0 Å². The van der Waals surface area contributed by atoms with Crippen molar-refractivity contribution in [3.63, 3.8) is 0 Å². The van der Waals surface area contributed by atoms with Crippen LogP contribution in [0.15, 0.2) is 212 Å². The molecule has 0 aliphatic heterocycles. The molecule has 1 nitrogen and oxygen atoms in total. The second kappa shape index (κ2) is 12.0. The van der Waals surface area contributed by atoms with Gasteiger partial charge in [-0.2, -0.15) is 0 Å². The summed E-state index contributed by atoms with van der Waals surface area (Å²) >= 11 is 0. The summed E-state index contributed by atoms with van der Waals surface area (Å²) < 4.78 is 0. The van der Waals surface area contributed by atoms with Crippen molar-refractivity contribution in [3.8, 4) is 44.5 Å². The Morgan fingerprint density at radius 1 is 0.296 bits per heavy atom. The molecule has 54 heavy (non-hydrogen) atoms. The van der Waals surface area contributed by atoms with Gasteiger partial charge in [0.15, 0.2) is 0 Å². The minimum absolute atomic E-state index is 0.408. The van der Waals surface area contributed by atoms with Gasteiger partial charge in [0.05, 0.1) is 5.41 Å². The van der Waals surface area contributed by atoms with Gasteiger partial charge in [0.25, 0.3) is 0 Å². The minimum atomic E-state index is -0.408. The van der Waals surface area contributed by atoms with Crippen LogP contribution in [0.3, 0.4) is 0 Å². The molecule has 0 heterocycles. The van der Waals surface area contributed by atoms with Crippen molar-refractivity contribution in [2.24, 2.45) is 0 Å². The molecule has 252 valence electrons. The lowest BCUT2D eigenvalue weighted by molar-refractivity contribution is 0.768. The van der Waals surface area contributed by atoms with Crippen molar-refractivity contribution in [2.45, 2.75) is 5.41 Å². The molecule has 0 saturated carbocycles. The summed E-state index contributed by atoms with van der Waals surface area (Å²) in [6.45, 7) is 0. The molecule has 0 atom stereocenters. The van der Waals surface area contributed by atoms with Crippen molar-refractivity contribution >= 4 is 27.8 Å². The fraction of sp³-hybridized carbons (Fsp3) is 0.0189. The standard InChI is InChI=1S/C53H35N/c1-3-17-39(18-4-1)53(50-27-11-9-24-46(50)47-25-10-12-28-51(47)53)40-31-29-36(30-32-40)37-15-13-21-42(33-37)54(41-19-5-2-6-20-41)43-34-38-16-14-26-48-44-22-7-8-23-45(44)49(35-43)52(38)48/h1-35H. The van der Waals surface area contributed by atoms with Crippen molar-refractivity contribution < 1.29 is 0 Å². The molecule has 0 saturated heterocycles. The SMILES string of the molecule is c1ccc(N(c2cccc(-c3ccc(C4(c5ccccc5)c5ccccc5-c5ccccc54)cc3)c2)c2cc3c4c(cccc4c2)-c2ccccc2-3)cc1. The third-order valence-corrected chi connectivity index (χ3v) is 11.7. The van der Waals surface area contributed by atoms with Crippen molar-refractivity contribution in [1.29, 1.82) is 0 Å². The van der Waals surface area contributed by atoms with Gasteiger partial charge in [0, 0.05) is 17.1 Å². The highest BCUT2D eigenvalue weighted by atomic mass is 15.1. The summed E-state index contributed by atoms with van der Waals surface area (Å²) in [4.78, 5) is 2.40. The van der Waals surface area contributed by atoms with E-state index >= 15 is 0 Å². The first-order valence-electron chi connectivity index (χ1n) is 18.8. The van der Waals surface area contributed by atoms with E-state index < -0.39 is 5.41 Å². The van der Waals surface area contributed by atoms with E-state index in [1.807, 2.05) is 0 Å². The number of rotatable bonds is 6. The normalized spacial score (nSPS) is 13.0. The van der Waals surface area contributed by atoms with Gasteiger partial charge < -0.3 is 4.90 Å². The average Bonchev–Trinajstić information content (AvgIpc) is 3.73. The Labute approximate surface area is 316 Å². The summed E-state index contributed by atoms with van der Waals surface area (Å²) in [5.74, 6) is 0. The number of nitrogens with zero attached hydrogens (tertiary/aromatic N) is 1. The maximum absolute atomic E-state index is 2.40. The van der Waals surface area contributed by atoms with Crippen LogP contribution < -0.4 is 4.90 Å². The highest BCUT2D eigenvalue weighted by Gasteiger charge is 2.45. The molecular weight excluding hydrogens is 651 g/mol. The van der Waals surface area contributed by atoms with Crippen molar-refractivity contribution in [3.05, 3.63) is 235 Å². The quantitative estimate of drug-likeness (QED) is 0.168. The number of fused-ring (bicyclic) bond motifs is 6. The monoisotopic (exact) mass is 685 g/mol. The van der Waals surface area contributed by atoms with E-state index in [0.717, 1.165) is 17.1 Å². The van der Waals surface area contributed by atoms with Crippen LogP contribution in [0.2, 0.25) is 0 Å². The Morgan fingerprint density at radius 2 is 0.833 bits per heavy atom. The van der Waals surface area contributed by atoms with Crippen LogP contribution in [-0.2, 0) is 5.41 Å². The van der Waals surface area contributed by atoms with Gasteiger partial charge in [0.1, 0.15) is 0 Å². The Kier molecular flexibility index (Phi) is 6.84. The van der Waals surface area contributed by atoms with Crippen LogP contribution in [0.25, 0.3) is 55.3 Å². The van der Waals surface area contributed by atoms with E-state index in [9.17, 15) is 0 Å². The van der Waals surface area contributed by atoms with Gasteiger partial charge >= 0.3 is 0 Å². The summed E-state index contributed by atoms with van der Waals surface area (Å²) in [7, 11) is 0. The number of benzene rings is 9. The maximum Gasteiger partial charge on any atom is 0.0713 e. The lowest BCUT2D eigenvalue weighted by atomic mass is 9.67. The lowest BCUT2D eigenvalue weighted by Gasteiger charge is -2.34. The number of para-hydroxylation sites is 1. The molecule has 0 N–H and O–H groups in total. The van der Waals surface area contributed by atoms with Crippen LogP contribution in [-0.4, -0.2) is 0 Å². The molecule has 0 spiro atoms. The van der Waals surface area contributed by atoms with Crippen LogP contribution in [0.5, 0.6) is 0 Å². The summed E-state index contributed by atoms with van der Waals surface area (Å²) in [5.41, 5.74) is 18.4. The molecule has 11 rings (SSSR count). The third kappa shape index (κ3) is 4.45. The topological polar surface area (TPSA) is 3.24 Å². The number of hydrogen-bond acceptors (Lipinski definition) is 1. The Balaban J connectivity index is 1.04. The van der Waals surface area contributed by atoms with E-state index in [2.05, 4.69) is 217 Å². The highest BCUT2D eigenvalue weighted by Crippen LogP contribution is 2.56. The molecule has 9 aromatic carbocycles. The molecule has 2 aliphatic rings. The first kappa shape index (κ1) is 30.6.